The van der Waals surface area contributed by atoms with Crippen molar-refractivity contribution in [2.75, 3.05) is 20.3 Å². The summed E-state index contributed by atoms with van der Waals surface area (Å²) in [5, 5.41) is 2.85. The zero-order chi connectivity index (χ0) is 18.8. The molecule has 138 valence electrons. The van der Waals surface area contributed by atoms with Crippen molar-refractivity contribution in [3.63, 3.8) is 0 Å². The molecule has 1 amide bonds. The summed E-state index contributed by atoms with van der Waals surface area (Å²) in [4.78, 5) is 16.2. The van der Waals surface area contributed by atoms with Crippen LogP contribution in [-0.2, 0) is 11.2 Å². The van der Waals surface area contributed by atoms with Crippen molar-refractivity contribution in [3.8, 4) is 11.5 Å². The standard InChI is InChI=1S/C21H26N2O3/c1-16(2)15-26-19-9-7-17(14-20(19)25-3)8-10-21(24)23-13-11-18-6-4-5-12-22-18/h4-10,12,14,16H,11,13,15H2,1-3H3,(H,23,24)/b10-8+. The molecule has 0 fully saturated rings. The molecule has 0 radical (unpaired) electrons. The lowest BCUT2D eigenvalue weighted by atomic mass is 10.2. The van der Waals surface area contributed by atoms with E-state index in [4.69, 9.17) is 9.47 Å². The Morgan fingerprint density at radius 3 is 2.77 bits per heavy atom. The molecule has 0 aliphatic carbocycles. The molecule has 5 nitrogen and oxygen atoms in total. The van der Waals surface area contributed by atoms with Crippen LogP contribution in [0.1, 0.15) is 25.1 Å². The number of hydrogen-bond donors (Lipinski definition) is 1. The van der Waals surface area contributed by atoms with Gasteiger partial charge in [-0.25, -0.2) is 0 Å². The average Bonchev–Trinajstić information content (AvgIpc) is 2.65. The van der Waals surface area contributed by atoms with Crippen LogP contribution in [0.25, 0.3) is 6.08 Å². The van der Waals surface area contributed by atoms with Gasteiger partial charge >= 0.3 is 0 Å². The topological polar surface area (TPSA) is 60.5 Å². The van der Waals surface area contributed by atoms with Gasteiger partial charge in [-0.3, -0.25) is 9.78 Å². The Labute approximate surface area is 155 Å². The Bertz CT molecular complexity index is 727. The third kappa shape index (κ3) is 6.59. The number of nitrogens with one attached hydrogen (secondary N) is 1. The lowest BCUT2D eigenvalue weighted by Crippen LogP contribution is -2.23. The maximum atomic E-state index is 11.9. The molecule has 0 saturated heterocycles. The fraction of sp³-hybridized carbons (Fsp3) is 0.333. The van der Waals surface area contributed by atoms with Gasteiger partial charge in [0.15, 0.2) is 11.5 Å². The van der Waals surface area contributed by atoms with E-state index in [9.17, 15) is 4.79 Å². The third-order valence-electron chi connectivity index (χ3n) is 3.59. The maximum Gasteiger partial charge on any atom is 0.244 e. The smallest absolute Gasteiger partial charge is 0.244 e. The van der Waals surface area contributed by atoms with Gasteiger partial charge in [0, 0.05) is 30.9 Å². The number of hydrogen-bond acceptors (Lipinski definition) is 4. The summed E-state index contributed by atoms with van der Waals surface area (Å²) < 4.78 is 11.1. The highest BCUT2D eigenvalue weighted by Crippen LogP contribution is 2.28. The number of methoxy groups -OCH3 is 1. The minimum absolute atomic E-state index is 0.139. The lowest BCUT2D eigenvalue weighted by Gasteiger charge is -2.12. The molecular weight excluding hydrogens is 328 g/mol. The Hall–Kier alpha value is -2.82. The Morgan fingerprint density at radius 1 is 1.23 bits per heavy atom. The number of aromatic nitrogens is 1. The Balaban J connectivity index is 1.87. The van der Waals surface area contributed by atoms with Crippen molar-refractivity contribution in [2.24, 2.45) is 5.92 Å². The van der Waals surface area contributed by atoms with Crippen LogP contribution in [0.2, 0.25) is 0 Å². The molecule has 0 aliphatic rings. The number of pyridine rings is 1. The predicted octanol–water partition coefficient (Wildman–Crippen LogP) is 3.50. The second-order valence-electron chi connectivity index (χ2n) is 6.31. The van der Waals surface area contributed by atoms with Crippen LogP contribution in [0, 0.1) is 5.92 Å². The molecule has 0 atom stereocenters. The molecule has 1 aromatic carbocycles. The van der Waals surface area contributed by atoms with Gasteiger partial charge in [-0.05, 0) is 41.8 Å². The van der Waals surface area contributed by atoms with Crippen molar-refractivity contribution in [3.05, 3.63) is 59.9 Å². The van der Waals surface area contributed by atoms with Crippen LogP contribution in [0.4, 0.5) is 0 Å². The van der Waals surface area contributed by atoms with Gasteiger partial charge in [-0.15, -0.1) is 0 Å². The summed E-state index contributed by atoms with van der Waals surface area (Å²) in [6, 6.07) is 11.4. The van der Waals surface area contributed by atoms with Crippen LogP contribution < -0.4 is 14.8 Å². The number of amides is 1. The van der Waals surface area contributed by atoms with E-state index >= 15 is 0 Å². The van der Waals surface area contributed by atoms with Gasteiger partial charge in [0.25, 0.3) is 0 Å². The van der Waals surface area contributed by atoms with E-state index in [1.54, 1.807) is 19.4 Å². The van der Waals surface area contributed by atoms with E-state index in [0.717, 1.165) is 11.3 Å². The predicted molar refractivity (Wildman–Crippen MR) is 103 cm³/mol. The largest absolute Gasteiger partial charge is 0.493 e. The second-order valence-corrected chi connectivity index (χ2v) is 6.31. The van der Waals surface area contributed by atoms with Crippen molar-refractivity contribution >= 4 is 12.0 Å². The fourth-order valence-corrected chi connectivity index (χ4v) is 2.25. The van der Waals surface area contributed by atoms with Gasteiger partial charge in [0.1, 0.15) is 0 Å². The fourth-order valence-electron chi connectivity index (χ4n) is 2.25. The third-order valence-corrected chi connectivity index (χ3v) is 3.59. The molecule has 1 aromatic heterocycles. The molecule has 2 aromatic rings. The van der Waals surface area contributed by atoms with E-state index in [1.807, 2.05) is 36.4 Å². The van der Waals surface area contributed by atoms with Crippen LogP contribution in [0.15, 0.2) is 48.7 Å². The zero-order valence-corrected chi connectivity index (χ0v) is 15.6. The normalized spacial score (nSPS) is 10.9. The van der Waals surface area contributed by atoms with Gasteiger partial charge in [0.2, 0.25) is 5.91 Å². The van der Waals surface area contributed by atoms with E-state index in [-0.39, 0.29) is 5.91 Å². The van der Waals surface area contributed by atoms with Crippen molar-refractivity contribution in [2.45, 2.75) is 20.3 Å². The molecule has 1 heterocycles. The molecule has 0 aliphatic heterocycles. The Morgan fingerprint density at radius 2 is 2.08 bits per heavy atom. The molecule has 0 bridgehead atoms. The number of nitrogens with zero attached hydrogens (tertiary/aromatic N) is 1. The molecule has 0 unspecified atom stereocenters. The first-order valence-electron chi connectivity index (χ1n) is 8.75. The van der Waals surface area contributed by atoms with Gasteiger partial charge in [0.05, 0.1) is 13.7 Å². The van der Waals surface area contributed by atoms with Gasteiger partial charge < -0.3 is 14.8 Å². The molecular formula is C21H26N2O3. The summed E-state index contributed by atoms with van der Waals surface area (Å²) in [6.45, 7) is 5.36. The summed E-state index contributed by atoms with van der Waals surface area (Å²) in [5.74, 6) is 1.66. The second kappa shape index (κ2) is 10.2. The SMILES string of the molecule is COc1cc(/C=C/C(=O)NCCc2ccccn2)ccc1OCC(C)C. The molecule has 0 spiro atoms. The first-order valence-corrected chi connectivity index (χ1v) is 8.75. The van der Waals surface area contributed by atoms with Gasteiger partial charge in [-0.1, -0.05) is 26.0 Å². The Kier molecular flexibility index (Phi) is 7.68. The van der Waals surface area contributed by atoms with Crippen LogP contribution in [0.5, 0.6) is 11.5 Å². The zero-order valence-electron chi connectivity index (χ0n) is 15.6. The number of carbonyl (C=O) groups excluding carboxylic acids is 1. The van der Waals surface area contributed by atoms with Crippen LogP contribution >= 0.6 is 0 Å². The minimum atomic E-state index is -0.139. The monoisotopic (exact) mass is 354 g/mol. The summed E-state index contributed by atoms with van der Waals surface area (Å²) >= 11 is 0. The van der Waals surface area contributed by atoms with Crippen molar-refractivity contribution in [1.29, 1.82) is 0 Å². The number of benzene rings is 1. The molecule has 1 N–H and O–H groups in total. The van der Waals surface area contributed by atoms with E-state index in [2.05, 4.69) is 24.1 Å². The average molecular weight is 354 g/mol. The quantitative estimate of drug-likeness (QED) is 0.700. The van der Waals surface area contributed by atoms with Crippen molar-refractivity contribution in [1.82, 2.24) is 10.3 Å². The lowest BCUT2D eigenvalue weighted by molar-refractivity contribution is -0.116. The maximum absolute atomic E-state index is 11.9. The number of rotatable bonds is 9. The first-order chi connectivity index (χ1) is 12.6. The highest BCUT2D eigenvalue weighted by Gasteiger charge is 2.06. The number of ether oxygens (including phenoxy) is 2. The highest BCUT2D eigenvalue weighted by molar-refractivity contribution is 5.91. The summed E-state index contributed by atoms with van der Waals surface area (Å²) in [6.07, 6.45) is 5.72. The minimum Gasteiger partial charge on any atom is -0.493 e. The number of carbonyl (C=O) groups is 1. The van der Waals surface area contributed by atoms with Gasteiger partial charge in [-0.2, -0.15) is 0 Å². The molecule has 26 heavy (non-hydrogen) atoms. The molecule has 0 saturated carbocycles. The van der Waals surface area contributed by atoms with E-state index in [1.165, 1.54) is 6.08 Å². The first kappa shape index (κ1) is 19.5. The van der Waals surface area contributed by atoms with E-state index < -0.39 is 0 Å². The van der Waals surface area contributed by atoms with E-state index in [0.29, 0.717) is 37.0 Å². The molecule has 2 rings (SSSR count). The summed E-state index contributed by atoms with van der Waals surface area (Å²) in [7, 11) is 1.61. The summed E-state index contributed by atoms with van der Waals surface area (Å²) in [5.41, 5.74) is 1.83. The molecule has 5 heteroatoms. The highest BCUT2D eigenvalue weighted by atomic mass is 16.5. The van der Waals surface area contributed by atoms with Crippen molar-refractivity contribution < 1.29 is 14.3 Å². The van der Waals surface area contributed by atoms with Crippen LogP contribution in [0.3, 0.4) is 0 Å². The van der Waals surface area contributed by atoms with Crippen LogP contribution in [-0.4, -0.2) is 31.2 Å².